The van der Waals surface area contributed by atoms with Crippen LogP contribution in [-0.2, 0) is 0 Å². The van der Waals surface area contributed by atoms with Crippen LogP contribution in [0.25, 0.3) is 0 Å². The van der Waals surface area contributed by atoms with Crippen molar-refractivity contribution < 1.29 is 8.78 Å². The van der Waals surface area contributed by atoms with Crippen molar-refractivity contribution in [2.75, 3.05) is 0 Å². The molecular formula is C15H22F2. The second-order valence-electron chi connectivity index (χ2n) is 6.27. The second-order valence-corrected chi connectivity index (χ2v) is 6.27. The lowest BCUT2D eigenvalue weighted by molar-refractivity contribution is -0.122. The molecule has 1 rings (SSSR count). The molecule has 17 heavy (non-hydrogen) atoms. The standard InChI is InChI=1S/C15H22F2/c1-10(2)8-12-11(3)14(6,7)15(16,17)9-13(12,4)5/h8H,1,3,9H2,2,4-7H3/b12-8+. The van der Waals surface area contributed by atoms with Crippen molar-refractivity contribution in [1.82, 2.24) is 0 Å². The Morgan fingerprint density at radius 3 is 2.12 bits per heavy atom. The molecule has 0 N–H and O–H groups in total. The molecule has 1 saturated carbocycles. The zero-order valence-electron chi connectivity index (χ0n) is 11.5. The maximum absolute atomic E-state index is 14.1. The molecule has 1 fully saturated rings. The van der Waals surface area contributed by atoms with Crippen molar-refractivity contribution in [3.05, 3.63) is 36.0 Å². The molecule has 0 atom stereocenters. The fourth-order valence-corrected chi connectivity index (χ4v) is 2.37. The molecule has 0 saturated heterocycles. The van der Waals surface area contributed by atoms with Gasteiger partial charge in [0.1, 0.15) is 0 Å². The Morgan fingerprint density at radius 1 is 1.24 bits per heavy atom. The van der Waals surface area contributed by atoms with Crippen molar-refractivity contribution in [3.8, 4) is 0 Å². The van der Waals surface area contributed by atoms with Gasteiger partial charge in [0.15, 0.2) is 0 Å². The van der Waals surface area contributed by atoms with E-state index < -0.39 is 16.8 Å². The molecule has 0 nitrogen and oxygen atoms in total. The topological polar surface area (TPSA) is 0 Å². The summed E-state index contributed by atoms with van der Waals surface area (Å²) >= 11 is 0. The minimum absolute atomic E-state index is 0.148. The largest absolute Gasteiger partial charge is 0.257 e. The normalized spacial score (nSPS) is 28.2. The van der Waals surface area contributed by atoms with E-state index >= 15 is 0 Å². The van der Waals surface area contributed by atoms with E-state index in [9.17, 15) is 8.78 Å². The minimum atomic E-state index is -2.72. The first-order valence-corrected chi connectivity index (χ1v) is 5.87. The van der Waals surface area contributed by atoms with Crippen LogP contribution in [0.15, 0.2) is 36.0 Å². The number of halogens is 2. The van der Waals surface area contributed by atoms with Gasteiger partial charge >= 0.3 is 0 Å². The zero-order chi connectivity index (χ0) is 13.6. The van der Waals surface area contributed by atoms with Crippen LogP contribution in [-0.4, -0.2) is 5.92 Å². The van der Waals surface area contributed by atoms with E-state index in [4.69, 9.17) is 0 Å². The van der Waals surface area contributed by atoms with Crippen LogP contribution >= 0.6 is 0 Å². The van der Waals surface area contributed by atoms with Crippen LogP contribution in [0.4, 0.5) is 8.78 Å². The highest BCUT2D eigenvalue weighted by Gasteiger charge is 2.57. The molecule has 1 aliphatic carbocycles. The third kappa shape index (κ3) is 2.22. The highest BCUT2D eigenvalue weighted by atomic mass is 19.3. The molecule has 0 aromatic rings. The van der Waals surface area contributed by atoms with E-state index in [0.29, 0.717) is 5.57 Å². The van der Waals surface area contributed by atoms with E-state index in [1.807, 2.05) is 26.8 Å². The van der Waals surface area contributed by atoms with Gasteiger partial charge in [-0.1, -0.05) is 52.5 Å². The van der Waals surface area contributed by atoms with Gasteiger partial charge in [-0.2, -0.15) is 0 Å². The lowest BCUT2D eigenvalue weighted by atomic mass is 9.59. The number of allylic oxidation sites excluding steroid dienone is 4. The summed E-state index contributed by atoms with van der Waals surface area (Å²) in [7, 11) is 0. The first kappa shape index (κ1) is 14.1. The van der Waals surface area contributed by atoms with Gasteiger partial charge in [-0.05, 0) is 23.5 Å². The Morgan fingerprint density at radius 2 is 1.71 bits per heavy atom. The minimum Gasteiger partial charge on any atom is -0.206 e. The molecule has 0 aliphatic heterocycles. The van der Waals surface area contributed by atoms with Gasteiger partial charge in [-0.25, -0.2) is 8.78 Å². The Labute approximate surface area is 103 Å². The summed E-state index contributed by atoms with van der Waals surface area (Å²) in [6.45, 7) is 16.4. The Bertz CT molecular complexity index is 395. The van der Waals surface area contributed by atoms with Gasteiger partial charge in [0.25, 0.3) is 5.92 Å². The van der Waals surface area contributed by atoms with Crippen molar-refractivity contribution >= 4 is 0 Å². The molecule has 0 unspecified atom stereocenters. The smallest absolute Gasteiger partial charge is 0.206 e. The Kier molecular flexibility index (Phi) is 3.15. The van der Waals surface area contributed by atoms with Gasteiger partial charge in [0.2, 0.25) is 0 Å². The third-order valence-corrected chi connectivity index (χ3v) is 3.78. The van der Waals surface area contributed by atoms with Crippen LogP contribution in [0, 0.1) is 10.8 Å². The summed E-state index contributed by atoms with van der Waals surface area (Å²) in [4.78, 5) is 0. The van der Waals surface area contributed by atoms with Crippen molar-refractivity contribution in [2.45, 2.75) is 47.0 Å². The van der Waals surface area contributed by atoms with Crippen molar-refractivity contribution in [1.29, 1.82) is 0 Å². The fraction of sp³-hybridized carbons (Fsp3) is 0.600. The number of hydrogen-bond donors (Lipinski definition) is 0. The van der Waals surface area contributed by atoms with E-state index in [-0.39, 0.29) is 6.42 Å². The quantitative estimate of drug-likeness (QED) is 0.595. The predicted octanol–water partition coefficient (Wildman–Crippen LogP) is 5.14. The first-order chi connectivity index (χ1) is 7.42. The lowest BCUT2D eigenvalue weighted by Gasteiger charge is -2.49. The summed E-state index contributed by atoms with van der Waals surface area (Å²) in [5.41, 5.74) is 0.552. The van der Waals surface area contributed by atoms with Crippen LogP contribution in [0.5, 0.6) is 0 Å². The first-order valence-electron chi connectivity index (χ1n) is 5.87. The highest BCUT2D eigenvalue weighted by Crippen LogP contribution is 2.58. The molecule has 0 amide bonds. The summed E-state index contributed by atoms with van der Waals surface area (Å²) < 4.78 is 28.3. The third-order valence-electron chi connectivity index (χ3n) is 3.78. The maximum atomic E-state index is 14.1. The van der Waals surface area contributed by atoms with E-state index in [2.05, 4.69) is 13.2 Å². The fourth-order valence-electron chi connectivity index (χ4n) is 2.37. The monoisotopic (exact) mass is 240 g/mol. The van der Waals surface area contributed by atoms with Crippen LogP contribution < -0.4 is 0 Å². The van der Waals surface area contributed by atoms with Gasteiger partial charge in [-0.3, -0.25) is 0 Å². The SMILES string of the molecule is C=C(C)/C=C1\C(=C)C(C)(C)C(F)(F)CC1(C)C. The average Bonchev–Trinajstić information content (AvgIpc) is 2.08. The van der Waals surface area contributed by atoms with Crippen LogP contribution in [0.3, 0.4) is 0 Å². The van der Waals surface area contributed by atoms with Crippen LogP contribution in [0.2, 0.25) is 0 Å². The molecule has 0 bridgehead atoms. The van der Waals surface area contributed by atoms with Crippen LogP contribution in [0.1, 0.15) is 41.0 Å². The number of hydrogen-bond acceptors (Lipinski definition) is 0. The highest BCUT2D eigenvalue weighted by molar-refractivity contribution is 5.45. The number of rotatable bonds is 1. The molecule has 96 valence electrons. The van der Waals surface area contributed by atoms with Gasteiger partial charge in [-0.15, -0.1) is 0 Å². The van der Waals surface area contributed by atoms with Gasteiger partial charge < -0.3 is 0 Å². The predicted molar refractivity (Wildman–Crippen MR) is 69.2 cm³/mol. The van der Waals surface area contributed by atoms with E-state index in [0.717, 1.165) is 11.1 Å². The lowest BCUT2D eigenvalue weighted by Crippen LogP contribution is -2.48. The van der Waals surface area contributed by atoms with Crippen molar-refractivity contribution in [3.63, 3.8) is 0 Å². The molecule has 1 aliphatic rings. The summed E-state index contributed by atoms with van der Waals surface area (Å²) in [5.74, 6) is -2.72. The summed E-state index contributed by atoms with van der Waals surface area (Å²) in [5, 5.41) is 0. The second kappa shape index (κ2) is 3.79. The molecule has 0 aromatic heterocycles. The summed E-state index contributed by atoms with van der Waals surface area (Å²) in [6, 6.07) is 0. The van der Waals surface area contributed by atoms with Crippen molar-refractivity contribution in [2.24, 2.45) is 10.8 Å². The average molecular weight is 240 g/mol. The molecule has 0 radical (unpaired) electrons. The van der Waals surface area contributed by atoms with E-state index in [1.165, 1.54) is 0 Å². The molecule has 0 spiro atoms. The van der Waals surface area contributed by atoms with Gasteiger partial charge in [0, 0.05) is 6.42 Å². The molecule has 0 heterocycles. The van der Waals surface area contributed by atoms with Gasteiger partial charge in [0.05, 0.1) is 5.41 Å². The number of alkyl halides is 2. The molecule has 2 heteroatoms. The van der Waals surface area contributed by atoms with E-state index in [1.54, 1.807) is 13.8 Å². The zero-order valence-corrected chi connectivity index (χ0v) is 11.5. The molecule has 0 aromatic carbocycles. The molecular weight excluding hydrogens is 218 g/mol. The maximum Gasteiger partial charge on any atom is 0.257 e. The Hall–Kier alpha value is -0.920. The Balaban J connectivity index is 3.36. The summed E-state index contributed by atoms with van der Waals surface area (Å²) in [6.07, 6.45) is 1.74.